The van der Waals surface area contributed by atoms with Gasteiger partial charge in [0.2, 0.25) is 0 Å². The van der Waals surface area contributed by atoms with E-state index in [4.69, 9.17) is 16.7 Å². The minimum Gasteiger partial charge on any atom is -0.426 e. The molecule has 13 heteroatoms. The van der Waals surface area contributed by atoms with Crippen LogP contribution >= 0.6 is 11.6 Å². The topological polar surface area (TPSA) is 50.6 Å². The van der Waals surface area contributed by atoms with Crippen molar-refractivity contribution < 1.29 is 35.9 Å². The molecule has 2 saturated heterocycles. The van der Waals surface area contributed by atoms with Gasteiger partial charge in [0.15, 0.2) is 0 Å². The highest BCUT2D eigenvalue weighted by molar-refractivity contribution is 6.30. The van der Waals surface area contributed by atoms with Gasteiger partial charge >= 0.3 is 18.4 Å². The van der Waals surface area contributed by atoms with Crippen molar-refractivity contribution in [3.05, 3.63) is 41.0 Å². The molecule has 6 nitrogen and oxygen atoms in total. The first-order valence-corrected chi connectivity index (χ1v) is 11.8. The molecule has 3 heterocycles. The number of rotatable bonds is 5. The summed E-state index contributed by atoms with van der Waals surface area (Å²) in [6.45, 7) is 5.72. The van der Waals surface area contributed by atoms with E-state index in [-0.39, 0.29) is 31.0 Å². The fourth-order valence-corrected chi connectivity index (χ4v) is 4.98. The van der Waals surface area contributed by atoms with E-state index in [1.807, 2.05) is 42.9 Å². The Labute approximate surface area is 208 Å². The van der Waals surface area contributed by atoms with Crippen molar-refractivity contribution in [2.45, 2.75) is 44.9 Å². The first-order chi connectivity index (χ1) is 16.7. The predicted molar refractivity (Wildman–Crippen MR) is 119 cm³/mol. The quantitative estimate of drug-likeness (QED) is 0.453. The maximum absolute atomic E-state index is 12.7. The molecule has 2 aliphatic rings. The maximum Gasteiger partial charge on any atom is 0.434 e. The van der Waals surface area contributed by atoms with Crippen molar-refractivity contribution in [1.82, 2.24) is 19.6 Å². The largest absolute Gasteiger partial charge is 0.434 e. The number of fused-ring (bicyclic) bond motifs is 1. The lowest BCUT2D eigenvalue weighted by molar-refractivity contribution is -0.308. The van der Waals surface area contributed by atoms with Gasteiger partial charge in [-0.2, -0.15) is 31.4 Å². The molecule has 1 amide bonds. The average Bonchev–Trinajstić information content (AvgIpc) is 3.43. The van der Waals surface area contributed by atoms with Gasteiger partial charge in [-0.25, -0.2) is 4.79 Å². The van der Waals surface area contributed by atoms with E-state index >= 15 is 0 Å². The third-order valence-electron chi connectivity index (χ3n) is 6.46. The van der Waals surface area contributed by atoms with Crippen LogP contribution < -0.4 is 0 Å². The Morgan fingerprint density at radius 1 is 1.08 bits per heavy atom. The van der Waals surface area contributed by atoms with Crippen LogP contribution in [0.2, 0.25) is 5.02 Å². The first kappa shape index (κ1) is 26.6. The van der Waals surface area contributed by atoms with Gasteiger partial charge in [0.1, 0.15) is 0 Å². The van der Waals surface area contributed by atoms with Crippen LogP contribution in [0.15, 0.2) is 30.5 Å². The molecule has 2 atom stereocenters. The third-order valence-corrected chi connectivity index (χ3v) is 6.70. The third kappa shape index (κ3) is 5.74. The fourth-order valence-electron chi connectivity index (χ4n) is 4.79. The molecule has 0 N–H and O–H groups in total. The maximum atomic E-state index is 12.7. The number of alkyl halides is 6. The van der Waals surface area contributed by atoms with Crippen molar-refractivity contribution in [2.75, 3.05) is 26.2 Å². The van der Waals surface area contributed by atoms with E-state index in [0.717, 1.165) is 21.7 Å². The zero-order valence-corrected chi connectivity index (χ0v) is 20.2. The average molecular weight is 539 g/mol. The second kappa shape index (κ2) is 9.77. The summed E-state index contributed by atoms with van der Waals surface area (Å²) >= 11 is 6.16. The van der Waals surface area contributed by atoms with Crippen molar-refractivity contribution in [2.24, 2.45) is 11.8 Å². The number of benzene rings is 1. The van der Waals surface area contributed by atoms with Crippen LogP contribution in [0.1, 0.15) is 25.5 Å². The Hall–Kier alpha value is -2.47. The van der Waals surface area contributed by atoms with Crippen LogP contribution in [0, 0.1) is 11.8 Å². The van der Waals surface area contributed by atoms with E-state index in [2.05, 4.69) is 9.64 Å². The Balaban J connectivity index is 1.41. The number of carbonyl (C=O) groups is 1. The van der Waals surface area contributed by atoms with Gasteiger partial charge < -0.3 is 9.64 Å². The van der Waals surface area contributed by atoms with Gasteiger partial charge in [-0.05, 0) is 37.8 Å². The molecule has 1 aromatic heterocycles. The number of carbonyl (C=O) groups excluding carboxylic acids is 1. The number of hydrogen-bond donors (Lipinski definition) is 0. The summed E-state index contributed by atoms with van der Waals surface area (Å²) in [5.74, 6) is -0.162. The zero-order valence-electron chi connectivity index (χ0n) is 19.5. The molecule has 4 rings (SSSR count). The number of nitrogens with zero attached hydrogens (tertiary/aromatic N) is 4. The highest BCUT2D eigenvalue weighted by Crippen LogP contribution is 2.38. The first-order valence-electron chi connectivity index (χ1n) is 11.4. The van der Waals surface area contributed by atoms with E-state index < -0.39 is 24.5 Å². The van der Waals surface area contributed by atoms with E-state index in [0.29, 0.717) is 24.7 Å². The fraction of sp³-hybridized carbons (Fsp3) is 0.565. The molecule has 0 saturated carbocycles. The van der Waals surface area contributed by atoms with Crippen molar-refractivity contribution in [3.63, 3.8) is 0 Å². The summed E-state index contributed by atoms with van der Waals surface area (Å²) in [5.41, 5.74) is 2.63. The normalized spacial score (nSPS) is 21.0. The number of hydrogen-bond acceptors (Lipinski definition) is 4. The smallest absolute Gasteiger partial charge is 0.426 e. The minimum atomic E-state index is -5.73. The van der Waals surface area contributed by atoms with Crippen LogP contribution in [0.4, 0.5) is 31.1 Å². The zero-order chi connectivity index (χ0) is 26.4. The number of halogens is 7. The summed E-state index contributed by atoms with van der Waals surface area (Å²) in [4.78, 5) is 15.2. The molecule has 0 spiro atoms. The van der Waals surface area contributed by atoms with Crippen LogP contribution in [0.25, 0.3) is 11.3 Å². The van der Waals surface area contributed by atoms with E-state index in [1.165, 1.54) is 0 Å². The molecule has 0 aliphatic carbocycles. The molecule has 198 valence electrons. The molecule has 2 unspecified atom stereocenters. The lowest BCUT2D eigenvalue weighted by Gasteiger charge is -2.26. The standard InChI is InChI=1S/C23H25ClF6N4O2/c1-13(2)34-12-17(19(31-34)14-4-3-5-18(24)6-14)9-32-7-15-10-33(11-16(15)8-32)21(35)36-20(22(25,26)27)23(28,29)30/h3-6,12-13,15-16,20H,7-11H2,1-2H3. The predicted octanol–water partition coefficient (Wildman–Crippen LogP) is 5.78. The number of amides is 1. The lowest BCUT2D eigenvalue weighted by Crippen LogP contribution is -2.48. The van der Waals surface area contributed by atoms with E-state index in [1.54, 1.807) is 6.07 Å². The molecule has 2 fully saturated rings. The lowest BCUT2D eigenvalue weighted by atomic mass is 10.0. The molecule has 36 heavy (non-hydrogen) atoms. The van der Waals surface area contributed by atoms with Crippen molar-refractivity contribution >= 4 is 17.7 Å². The highest BCUT2D eigenvalue weighted by atomic mass is 35.5. The van der Waals surface area contributed by atoms with Crippen molar-refractivity contribution in [1.29, 1.82) is 0 Å². The Bertz CT molecular complexity index is 1080. The molecule has 2 aromatic rings. The Morgan fingerprint density at radius 2 is 1.69 bits per heavy atom. The second-order valence-electron chi connectivity index (χ2n) is 9.55. The van der Waals surface area contributed by atoms with Crippen LogP contribution in [-0.4, -0.2) is 70.3 Å². The minimum absolute atomic E-state index is 0.0365. The van der Waals surface area contributed by atoms with Gasteiger partial charge in [0.05, 0.1) is 5.69 Å². The van der Waals surface area contributed by atoms with Crippen molar-refractivity contribution in [3.8, 4) is 11.3 Å². The highest BCUT2D eigenvalue weighted by Gasteiger charge is 2.60. The van der Waals surface area contributed by atoms with Gasteiger partial charge in [-0.1, -0.05) is 23.7 Å². The summed E-state index contributed by atoms with van der Waals surface area (Å²) in [5, 5.41) is 5.30. The summed E-state index contributed by atoms with van der Waals surface area (Å²) in [7, 11) is 0. The van der Waals surface area contributed by atoms with E-state index in [9.17, 15) is 31.1 Å². The monoisotopic (exact) mass is 538 g/mol. The van der Waals surface area contributed by atoms with Crippen LogP contribution in [0.3, 0.4) is 0 Å². The van der Waals surface area contributed by atoms with Gasteiger partial charge in [-0.3, -0.25) is 9.58 Å². The Kier molecular flexibility index (Phi) is 7.22. The Morgan fingerprint density at radius 3 is 2.22 bits per heavy atom. The van der Waals surface area contributed by atoms with Gasteiger partial charge in [0.25, 0.3) is 6.10 Å². The second-order valence-corrected chi connectivity index (χ2v) is 9.99. The van der Waals surface area contributed by atoms with Gasteiger partial charge in [0, 0.05) is 61.1 Å². The number of aromatic nitrogens is 2. The van der Waals surface area contributed by atoms with Gasteiger partial charge in [-0.15, -0.1) is 0 Å². The molecule has 2 aliphatic heterocycles. The number of likely N-dealkylation sites (tertiary alicyclic amines) is 2. The number of ether oxygens (including phenoxy) is 1. The molecular formula is C23H25ClF6N4O2. The molecule has 1 aromatic carbocycles. The van der Waals surface area contributed by atoms with Crippen LogP contribution in [0.5, 0.6) is 0 Å². The molecular weight excluding hydrogens is 514 g/mol. The summed E-state index contributed by atoms with van der Waals surface area (Å²) < 4.78 is 82.2. The molecule has 0 bridgehead atoms. The summed E-state index contributed by atoms with van der Waals surface area (Å²) in [6, 6.07) is 7.49. The van der Waals surface area contributed by atoms with Crippen LogP contribution in [-0.2, 0) is 11.3 Å². The molecule has 0 radical (unpaired) electrons. The summed E-state index contributed by atoms with van der Waals surface area (Å²) in [6.07, 6.45) is -15.2. The SMILES string of the molecule is CC(C)n1cc(CN2CC3CN(C(=O)OC(C(F)(F)F)C(F)(F)F)CC3C2)c(-c2cccc(Cl)c2)n1.